The molecular formula is C12H22N4O2. The number of carbonyl (C=O) groups excluding carboxylic acids is 1. The molecule has 102 valence electrons. The molecule has 1 amide bonds. The molecule has 18 heavy (non-hydrogen) atoms. The summed E-state index contributed by atoms with van der Waals surface area (Å²) in [7, 11) is 0. The van der Waals surface area contributed by atoms with Gasteiger partial charge in [0.25, 0.3) is 0 Å². The molecule has 0 spiro atoms. The number of alkyl carbamates (subject to hydrolysis) is 1. The van der Waals surface area contributed by atoms with Crippen LogP contribution in [0.5, 0.6) is 0 Å². The van der Waals surface area contributed by atoms with Crippen molar-refractivity contribution in [2.45, 2.75) is 59.1 Å². The molecule has 6 heteroatoms. The van der Waals surface area contributed by atoms with Gasteiger partial charge >= 0.3 is 6.09 Å². The molecule has 1 rings (SSSR count). The number of hydrogen-bond acceptors (Lipinski definition) is 4. The Hall–Kier alpha value is -1.59. The summed E-state index contributed by atoms with van der Waals surface area (Å²) in [6.07, 6.45) is -0.462. The van der Waals surface area contributed by atoms with Crippen LogP contribution in [0.25, 0.3) is 0 Å². The smallest absolute Gasteiger partial charge is 0.408 e. The highest BCUT2D eigenvalue weighted by molar-refractivity contribution is 5.67. The lowest BCUT2D eigenvalue weighted by molar-refractivity contribution is 0.0522. The van der Waals surface area contributed by atoms with E-state index >= 15 is 0 Å². The Morgan fingerprint density at radius 3 is 2.33 bits per heavy atom. The van der Waals surface area contributed by atoms with Crippen LogP contribution in [0.2, 0.25) is 0 Å². The Morgan fingerprint density at radius 2 is 1.89 bits per heavy atom. The van der Waals surface area contributed by atoms with Gasteiger partial charge in [-0.2, -0.15) is 5.10 Å². The maximum absolute atomic E-state index is 11.4. The average molecular weight is 254 g/mol. The molecule has 0 unspecified atom stereocenters. The zero-order valence-corrected chi connectivity index (χ0v) is 11.9. The molecular weight excluding hydrogens is 232 g/mol. The molecule has 0 aliphatic carbocycles. The SMILES string of the molecule is CC(C)(C)OC(=O)NCc1nc(C(C)(C)C)n[nH]1. The van der Waals surface area contributed by atoms with E-state index < -0.39 is 11.7 Å². The number of aromatic amines is 1. The number of rotatable bonds is 2. The van der Waals surface area contributed by atoms with Gasteiger partial charge in [-0.3, -0.25) is 5.10 Å². The molecule has 2 N–H and O–H groups in total. The zero-order valence-electron chi connectivity index (χ0n) is 11.9. The van der Waals surface area contributed by atoms with E-state index in [-0.39, 0.29) is 12.0 Å². The number of nitrogens with one attached hydrogen (secondary N) is 2. The largest absolute Gasteiger partial charge is 0.444 e. The summed E-state index contributed by atoms with van der Waals surface area (Å²) in [4.78, 5) is 15.8. The summed E-state index contributed by atoms with van der Waals surface area (Å²) < 4.78 is 5.12. The van der Waals surface area contributed by atoms with Crippen molar-refractivity contribution in [3.63, 3.8) is 0 Å². The first kappa shape index (κ1) is 14.5. The number of H-pyrrole nitrogens is 1. The highest BCUT2D eigenvalue weighted by atomic mass is 16.6. The molecule has 0 fully saturated rings. The number of carbonyl (C=O) groups is 1. The van der Waals surface area contributed by atoms with Crippen LogP contribution in [0.3, 0.4) is 0 Å². The minimum absolute atomic E-state index is 0.110. The standard InChI is InChI=1S/C12H22N4O2/c1-11(2,3)9-14-8(15-16-9)7-13-10(17)18-12(4,5)6/h7H2,1-6H3,(H,13,17)(H,14,15,16). The Morgan fingerprint density at radius 1 is 1.28 bits per heavy atom. The third kappa shape index (κ3) is 4.73. The van der Waals surface area contributed by atoms with Crippen LogP contribution < -0.4 is 5.32 Å². The Kier molecular flexibility index (Phi) is 3.98. The lowest BCUT2D eigenvalue weighted by Gasteiger charge is -2.19. The summed E-state index contributed by atoms with van der Waals surface area (Å²) in [5.74, 6) is 1.34. The first-order valence-corrected chi connectivity index (χ1v) is 5.96. The highest BCUT2D eigenvalue weighted by Gasteiger charge is 2.20. The molecule has 6 nitrogen and oxygen atoms in total. The monoisotopic (exact) mass is 254 g/mol. The van der Waals surface area contributed by atoms with E-state index in [0.717, 1.165) is 5.82 Å². The van der Waals surface area contributed by atoms with Gasteiger partial charge in [0.1, 0.15) is 11.4 Å². The number of hydrogen-bond donors (Lipinski definition) is 2. The molecule has 0 aliphatic rings. The normalized spacial score (nSPS) is 12.3. The predicted octanol–water partition coefficient (Wildman–Crippen LogP) is 2.13. The van der Waals surface area contributed by atoms with Crippen molar-refractivity contribution in [2.75, 3.05) is 0 Å². The van der Waals surface area contributed by atoms with Gasteiger partial charge in [0, 0.05) is 5.41 Å². The van der Waals surface area contributed by atoms with Gasteiger partial charge in [0.05, 0.1) is 6.54 Å². The Balaban J connectivity index is 2.50. The van der Waals surface area contributed by atoms with E-state index in [9.17, 15) is 4.79 Å². The topological polar surface area (TPSA) is 79.9 Å². The second-order valence-corrected chi connectivity index (χ2v) is 6.21. The van der Waals surface area contributed by atoms with Gasteiger partial charge in [-0.25, -0.2) is 9.78 Å². The zero-order chi connectivity index (χ0) is 14.0. The molecule has 1 heterocycles. The number of amides is 1. The van der Waals surface area contributed by atoms with Crippen LogP contribution >= 0.6 is 0 Å². The van der Waals surface area contributed by atoms with Crippen molar-refractivity contribution in [1.82, 2.24) is 20.5 Å². The van der Waals surface area contributed by atoms with Crippen molar-refractivity contribution < 1.29 is 9.53 Å². The van der Waals surface area contributed by atoms with Crippen molar-refractivity contribution in [3.05, 3.63) is 11.6 Å². The van der Waals surface area contributed by atoms with Crippen LogP contribution in [0.15, 0.2) is 0 Å². The first-order valence-electron chi connectivity index (χ1n) is 5.96. The van der Waals surface area contributed by atoms with Crippen LogP contribution in [0.4, 0.5) is 4.79 Å². The number of nitrogens with zero attached hydrogens (tertiary/aromatic N) is 2. The lowest BCUT2D eigenvalue weighted by Crippen LogP contribution is -2.32. The quantitative estimate of drug-likeness (QED) is 0.847. The second-order valence-electron chi connectivity index (χ2n) is 6.21. The van der Waals surface area contributed by atoms with Gasteiger partial charge in [-0.1, -0.05) is 20.8 Å². The maximum Gasteiger partial charge on any atom is 0.408 e. The summed E-state index contributed by atoms with van der Waals surface area (Å²) in [5.41, 5.74) is -0.608. The lowest BCUT2D eigenvalue weighted by atomic mass is 9.96. The number of ether oxygens (including phenoxy) is 1. The average Bonchev–Trinajstić information content (AvgIpc) is 2.59. The van der Waals surface area contributed by atoms with Crippen molar-refractivity contribution in [2.24, 2.45) is 0 Å². The van der Waals surface area contributed by atoms with Crippen molar-refractivity contribution in [3.8, 4) is 0 Å². The van der Waals surface area contributed by atoms with Gasteiger partial charge in [0.2, 0.25) is 0 Å². The van der Waals surface area contributed by atoms with E-state index in [0.29, 0.717) is 5.82 Å². The Labute approximate surface area is 108 Å². The molecule has 0 saturated heterocycles. The fourth-order valence-electron chi connectivity index (χ4n) is 1.18. The minimum atomic E-state index is -0.498. The molecule has 0 aliphatic heterocycles. The van der Waals surface area contributed by atoms with E-state index in [1.165, 1.54) is 0 Å². The van der Waals surface area contributed by atoms with E-state index in [1.807, 2.05) is 41.5 Å². The van der Waals surface area contributed by atoms with Gasteiger partial charge < -0.3 is 10.1 Å². The van der Waals surface area contributed by atoms with Crippen molar-refractivity contribution >= 4 is 6.09 Å². The molecule has 1 aromatic heterocycles. The summed E-state index contributed by atoms with van der Waals surface area (Å²) >= 11 is 0. The van der Waals surface area contributed by atoms with Crippen LogP contribution in [0, 0.1) is 0 Å². The highest BCUT2D eigenvalue weighted by Crippen LogP contribution is 2.17. The van der Waals surface area contributed by atoms with E-state index in [1.54, 1.807) is 0 Å². The van der Waals surface area contributed by atoms with Gasteiger partial charge in [-0.15, -0.1) is 0 Å². The third-order valence-electron chi connectivity index (χ3n) is 2.00. The second kappa shape index (κ2) is 4.96. The van der Waals surface area contributed by atoms with E-state index in [4.69, 9.17) is 4.74 Å². The molecule has 0 radical (unpaired) electrons. The molecule has 1 aromatic rings. The first-order chi connectivity index (χ1) is 8.08. The van der Waals surface area contributed by atoms with Crippen LogP contribution in [0.1, 0.15) is 53.2 Å². The fourth-order valence-corrected chi connectivity index (χ4v) is 1.18. The third-order valence-corrected chi connectivity index (χ3v) is 2.00. The minimum Gasteiger partial charge on any atom is -0.444 e. The predicted molar refractivity (Wildman–Crippen MR) is 68.2 cm³/mol. The van der Waals surface area contributed by atoms with Gasteiger partial charge in [-0.05, 0) is 20.8 Å². The summed E-state index contributed by atoms with van der Waals surface area (Å²) in [6.45, 7) is 11.8. The molecule has 0 aromatic carbocycles. The Bertz CT molecular complexity index is 412. The van der Waals surface area contributed by atoms with Crippen LogP contribution in [-0.4, -0.2) is 26.9 Å². The molecule has 0 saturated carbocycles. The molecule has 0 atom stereocenters. The fraction of sp³-hybridized carbons (Fsp3) is 0.750. The van der Waals surface area contributed by atoms with Crippen molar-refractivity contribution in [1.29, 1.82) is 0 Å². The van der Waals surface area contributed by atoms with E-state index in [2.05, 4.69) is 20.5 Å². The number of aromatic nitrogens is 3. The maximum atomic E-state index is 11.4. The summed E-state index contributed by atoms with van der Waals surface area (Å²) in [6, 6.07) is 0. The molecule has 0 bridgehead atoms. The van der Waals surface area contributed by atoms with Crippen LogP contribution in [-0.2, 0) is 16.7 Å². The van der Waals surface area contributed by atoms with Gasteiger partial charge in [0.15, 0.2) is 5.82 Å². The summed E-state index contributed by atoms with van der Waals surface area (Å²) in [5, 5.41) is 9.54.